The largest absolute Gasteiger partial charge is 0.429 e. The van der Waals surface area contributed by atoms with E-state index in [-0.39, 0.29) is 27.6 Å². The zero-order valence-electron chi connectivity index (χ0n) is 17.7. The molecular formula is C27H18F6O. The molecule has 174 valence electrons. The number of hydrogen-bond acceptors (Lipinski definition) is 1. The summed E-state index contributed by atoms with van der Waals surface area (Å²) in [5, 5.41) is 0.483. The first-order valence-corrected chi connectivity index (χ1v) is 10.4. The standard InChI is InChI=1S/C27H18F6O/c1-2-3-6-16-10-9-15-11-12-20(28)24(23(15)25(16)31)19-8-5-4-7-18(19)17-13-21(29)26(22(30)14-17)34-27(32)33/h2,4-5,7-14,27H,1,3,6H2. The van der Waals surface area contributed by atoms with E-state index in [0.29, 0.717) is 23.8 Å². The van der Waals surface area contributed by atoms with Gasteiger partial charge in [0.25, 0.3) is 0 Å². The Morgan fingerprint density at radius 3 is 2.12 bits per heavy atom. The number of ether oxygens (including phenoxy) is 1. The minimum absolute atomic E-state index is 0.0348. The van der Waals surface area contributed by atoms with Crippen LogP contribution in [0.2, 0.25) is 0 Å². The van der Waals surface area contributed by atoms with Crippen molar-refractivity contribution in [3.8, 4) is 28.0 Å². The molecule has 0 unspecified atom stereocenters. The van der Waals surface area contributed by atoms with Gasteiger partial charge in [-0.05, 0) is 58.7 Å². The van der Waals surface area contributed by atoms with Crippen molar-refractivity contribution in [3.05, 3.63) is 102 Å². The smallest absolute Gasteiger partial charge is 0.387 e. The van der Waals surface area contributed by atoms with E-state index in [9.17, 15) is 17.6 Å². The summed E-state index contributed by atoms with van der Waals surface area (Å²) < 4.78 is 88.5. The highest BCUT2D eigenvalue weighted by Crippen LogP contribution is 2.41. The summed E-state index contributed by atoms with van der Waals surface area (Å²) in [4.78, 5) is 0. The first-order chi connectivity index (χ1) is 16.3. The fraction of sp³-hybridized carbons (Fsp3) is 0.111. The van der Waals surface area contributed by atoms with Gasteiger partial charge in [-0.3, -0.25) is 0 Å². The molecule has 0 aliphatic heterocycles. The third-order valence-corrected chi connectivity index (χ3v) is 5.48. The van der Waals surface area contributed by atoms with Gasteiger partial charge < -0.3 is 4.74 Å². The normalized spacial score (nSPS) is 11.3. The highest BCUT2D eigenvalue weighted by Gasteiger charge is 2.22. The van der Waals surface area contributed by atoms with Crippen LogP contribution in [0.5, 0.6) is 5.75 Å². The topological polar surface area (TPSA) is 9.23 Å². The second kappa shape index (κ2) is 9.63. The van der Waals surface area contributed by atoms with Crippen molar-refractivity contribution in [1.82, 2.24) is 0 Å². The van der Waals surface area contributed by atoms with Crippen LogP contribution < -0.4 is 4.74 Å². The molecule has 0 atom stereocenters. The van der Waals surface area contributed by atoms with E-state index in [0.717, 1.165) is 12.1 Å². The van der Waals surface area contributed by atoms with Crippen molar-refractivity contribution < 1.29 is 31.1 Å². The number of fused-ring (bicyclic) bond motifs is 1. The molecule has 0 bridgehead atoms. The van der Waals surface area contributed by atoms with Gasteiger partial charge in [-0.25, -0.2) is 17.6 Å². The van der Waals surface area contributed by atoms with Crippen LogP contribution in [-0.4, -0.2) is 6.61 Å². The Morgan fingerprint density at radius 1 is 0.824 bits per heavy atom. The number of aryl methyl sites for hydroxylation is 1. The van der Waals surface area contributed by atoms with Gasteiger partial charge in [0, 0.05) is 10.9 Å². The summed E-state index contributed by atoms with van der Waals surface area (Å²) >= 11 is 0. The lowest BCUT2D eigenvalue weighted by Crippen LogP contribution is -2.06. The third-order valence-electron chi connectivity index (χ3n) is 5.48. The molecule has 7 heteroatoms. The lowest BCUT2D eigenvalue weighted by molar-refractivity contribution is -0.0546. The lowest BCUT2D eigenvalue weighted by atomic mass is 9.89. The van der Waals surface area contributed by atoms with Gasteiger partial charge >= 0.3 is 6.61 Å². The van der Waals surface area contributed by atoms with E-state index >= 15 is 8.78 Å². The van der Waals surface area contributed by atoms with Crippen LogP contribution in [0.4, 0.5) is 26.3 Å². The molecule has 0 fully saturated rings. The average molecular weight is 472 g/mol. The Bertz CT molecular complexity index is 1360. The van der Waals surface area contributed by atoms with Gasteiger partial charge in [-0.2, -0.15) is 8.78 Å². The molecule has 4 aromatic rings. The van der Waals surface area contributed by atoms with E-state index in [1.54, 1.807) is 30.3 Å². The highest BCUT2D eigenvalue weighted by atomic mass is 19.3. The molecular weight excluding hydrogens is 454 g/mol. The van der Waals surface area contributed by atoms with Gasteiger partial charge in [0.1, 0.15) is 11.6 Å². The molecule has 0 spiro atoms. The summed E-state index contributed by atoms with van der Waals surface area (Å²) in [6.07, 6.45) is 2.54. The maximum absolute atomic E-state index is 15.5. The van der Waals surface area contributed by atoms with Gasteiger partial charge in [0.05, 0.1) is 0 Å². The molecule has 0 aromatic heterocycles. The van der Waals surface area contributed by atoms with Crippen LogP contribution in [0, 0.1) is 23.3 Å². The van der Waals surface area contributed by atoms with Gasteiger partial charge in [-0.1, -0.05) is 48.5 Å². The van der Waals surface area contributed by atoms with Gasteiger partial charge in [-0.15, -0.1) is 6.58 Å². The molecule has 0 heterocycles. The van der Waals surface area contributed by atoms with Crippen LogP contribution in [0.15, 0.2) is 73.3 Å². The maximum Gasteiger partial charge on any atom is 0.387 e. The monoisotopic (exact) mass is 472 g/mol. The Balaban J connectivity index is 1.96. The second-order valence-electron chi connectivity index (χ2n) is 7.58. The summed E-state index contributed by atoms with van der Waals surface area (Å²) in [6.45, 7) is 0.222. The molecule has 0 saturated heterocycles. The molecule has 0 amide bonds. The lowest BCUT2D eigenvalue weighted by Gasteiger charge is -2.16. The number of hydrogen-bond donors (Lipinski definition) is 0. The molecule has 4 aromatic carbocycles. The first kappa shape index (κ1) is 23.4. The molecule has 0 aliphatic rings. The Kier molecular flexibility index (Phi) is 6.63. The van der Waals surface area contributed by atoms with Crippen molar-refractivity contribution in [1.29, 1.82) is 0 Å². The predicted octanol–water partition coefficient (Wildman–Crippen LogP) is 8.45. The number of halogens is 6. The van der Waals surface area contributed by atoms with Crippen molar-refractivity contribution in [2.24, 2.45) is 0 Å². The molecule has 0 aliphatic carbocycles. The van der Waals surface area contributed by atoms with Crippen molar-refractivity contribution in [2.45, 2.75) is 19.5 Å². The Morgan fingerprint density at radius 2 is 1.47 bits per heavy atom. The highest BCUT2D eigenvalue weighted by molar-refractivity contribution is 6.01. The first-order valence-electron chi connectivity index (χ1n) is 10.4. The molecule has 4 rings (SSSR count). The van der Waals surface area contributed by atoms with Crippen LogP contribution in [0.25, 0.3) is 33.0 Å². The summed E-state index contributed by atoms with van der Waals surface area (Å²) in [6, 6.07) is 13.7. The van der Waals surface area contributed by atoms with Crippen LogP contribution in [0.3, 0.4) is 0 Å². The van der Waals surface area contributed by atoms with E-state index in [4.69, 9.17) is 0 Å². The van der Waals surface area contributed by atoms with Crippen LogP contribution >= 0.6 is 0 Å². The number of allylic oxidation sites excluding steroid dienone is 1. The minimum Gasteiger partial charge on any atom is -0.429 e. The second-order valence-corrected chi connectivity index (χ2v) is 7.58. The fourth-order valence-corrected chi connectivity index (χ4v) is 3.98. The quantitative estimate of drug-likeness (QED) is 0.194. The summed E-state index contributed by atoms with van der Waals surface area (Å²) in [5.41, 5.74) is 0.631. The van der Waals surface area contributed by atoms with Gasteiger partial charge in [0.2, 0.25) is 0 Å². The number of benzene rings is 4. The zero-order chi connectivity index (χ0) is 24.4. The molecule has 0 N–H and O–H groups in total. The molecule has 1 nitrogen and oxygen atoms in total. The van der Waals surface area contributed by atoms with Crippen molar-refractivity contribution in [3.63, 3.8) is 0 Å². The van der Waals surface area contributed by atoms with E-state index in [2.05, 4.69) is 11.3 Å². The number of alkyl halides is 2. The SMILES string of the molecule is C=CCCc1ccc2ccc(F)c(-c3ccccc3-c3cc(F)c(OC(F)F)c(F)c3)c2c1F. The predicted molar refractivity (Wildman–Crippen MR) is 120 cm³/mol. The summed E-state index contributed by atoms with van der Waals surface area (Å²) in [7, 11) is 0. The van der Waals surface area contributed by atoms with Gasteiger partial charge in [0.15, 0.2) is 17.4 Å². The van der Waals surface area contributed by atoms with Crippen LogP contribution in [0.1, 0.15) is 12.0 Å². The molecule has 34 heavy (non-hydrogen) atoms. The Hall–Kier alpha value is -3.74. The van der Waals surface area contributed by atoms with Crippen molar-refractivity contribution in [2.75, 3.05) is 0 Å². The van der Waals surface area contributed by atoms with E-state index < -0.39 is 35.6 Å². The maximum atomic E-state index is 15.5. The van der Waals surface area contributed by atoms with Crippen molar-refractivity contribution >= 4 is 10.8 Å². The van der Waals surface area contributed by atoms with E-state index in [1.807, 2.05) is 0 Å². The summed E-state index contributed by atoms with van der Waals surface area (Å²) in [5.74, 6) is -5.23. The fourth-order valence-electron chi connectivity index (χ4n) is 3.98. The minimum atomic E-state index is -3.41. The molecule has 0 radical (unpaired) electrons. The average Bonchev–Trinajstić information content (AvgIpc) is 2.81. The van der Waals surface area contributed by atoms with Crippen LogP contribution in [-0.2, 0) is 6.42 Å². The Labute approximate surface area is 191 Å². The third kappa shape index (κ3) is 4.38. The zero-order valence-corrected chi connectivity index (χ0v) is 17.7. The molecule has 0 saturated carbocycles. The number of rotatable bonds is 7. The van der Waals surface area contributed by atoms with E-state index in [1.165, 1.54) is 24.3 Å².